The van der Waals surface area contributed by atoms with Crippen LogP contribution < -0.4 is 4.74 Å². The third-order valence-electron chi connectivity index (χ3n) is 4.41. The van der Waals surface area contributed by atoms with Gasteiger partial charge in [0.1, 0.15) is 11.6 Å². The molecule has 0 unspecified atom stereocenters. The average Bonchev–Trinajstić information content (AvgIpc) is 3.07. The summed E-state index contributed by atoms with van der Waals surface area (Å²) in [4.78, 5) is 14.6. The van der Waals surface area contributed by atoms with E-state index in [9.17, 15) is 9.18 Å². The van der Waals surface area contributed by atoms with Crippen LogP contribution in [0.25, 0.3) is 0 Å². The zero-order chi connectivity index (χ0) is 17.1. The van der Waals surface area contributed by atoms with Crippen molar-refractivity contribution in [2.45, 2.75) is 25.3 Å². The lowest BCUT2D eigenvalue weighted by molar-refractivity contribution is -0.131. The highest BCUT2D eigenvalue weighted by Crippen LogP contribution is 2.34. The summed E-state index contributed by atoms with van der Waals surface area (Å²) in [7, 11) is 1.63. The lowest BCUT2D eigenvalue weighted by Gasteiger charge is -2.25. The molecule has 0 radical (unpaired) electrons. The number of hydrogen-bond acceptors (Lipinski definition) is 2. The summed E-state index contributed by atoms with van der Waals surface area (Å²) in [6.45, 7) is 0.722. The molecular formula is C19H19ClFNO2. The SMILES string of the molecule is COc1cccc([C@H]2CCCN2C(=O)Cc2ccc(F)cc2Cl)c1. The van der Waals surface area contributed by atoms with Gasteiger partial charge in [-0.3, -0.25) is 4.79 Å². The standard InChI is InChI=1S/C19H19ClFNO2/c1-24-16-5-2-4-14(10-16)18-6-3-9-22(18)19(23)11-13-7-8-15(21)12-17(13)20/h2,4-5,7-8,10,12,18H,3,6,9,11H2,1H3/t18-/m1/s1. The Bertz CT molecular complexity index is 750. The number of carbonyl (C=O) groups is 1. The fourth-order valence-corrected chi connectivity index (χ4v) is 3.42. The Morgan fingerprint density at radius 2 is 2.17 bits per heavy atom. The van der Waals surface area contributed by atoms with Crippen LogP contribution in [0.3, 0.4) is 0 Å². The van der Waals surface area contributed by atoms with Gasteiger partial charge in [-0.25, -0.2) is 4.39 Å². The Kier molecular flexibility index (Phi) is 5.05. The molecule has 1 amide bonds. The number of nitrogens with zero attached hydrogens (tertiary/aromatic N) is 1. The minimum Gasteiger partial charge on any atom is -0.497 e. The zero-order valence-electron chi connectivity index (χ0n) is 13.5. The molecule has 1 fully saturated rings. The summed E-state index contributed by atoms with van der Waals surface area (Å²) in [6.07, 6.45) is 2.07. The van der Waals surface area contributed by atoms with Crippen molar-refractivity contribution < 1.29 is 13.9 Å². The van der Waals surface area contributed by atoms with Gasteiger partial charge in [0.15, 0.2) is 0 Å². The number of amides is 1. The maximum Gasteiger partial charge on any atom is 0.227 e. The number of hydrogen-bond donors (Lipinski definition) is 0. The van der Waals surface area contributed by atoms with Crippen LogP contribution in [0.5, 0.6) is 5.75 Å². The molecule has 1 heterocycles. The zero-order valence-corrected chi connectivity index (χ0v) is 14.2. The van der Waals surface area contributed by atoms with Gasteiger partial charge in [-0.1, -0.05) is 29.8 Å². The van der Waals surface area contributed by atoms with Gasteiger partial charge in [0.2, 0.25) is 5.91 Å². The van der Waals surface area contributed by atoms with Gasteiger partial charge in [-0.05, 0) is 48.2 Å². The minimum absolute atomic E-state index is 0.00817. The Balaban J connectivity index is 1.78. The Hall–Kier alpha value is -2.07. The Labute approximate surface area is 146 Å². The number of likely N-dealkylation sites (tertiary alicyclic amines) is 1. The quantitative estimate of drug-likeness (QED) is 0.820. The van der Waals surface area contributed by atoms with Crippen molar-refractivity contribution in [2.24, 2.45) is 0 Å². The molecule has 1 atom stereocenters. The van der Waals surface area contributed by atoms with E-state index >= 15 is 0 Å². The summed E-state index contributed by atoms with van der Waals surface area (Å²) in [5.41, 5.74) is 1.73. The Morgan fingerprint density at radius 3 is 2.92 bits per heavy atom. The van der Waals surface area contributed by atoms with Gasteiger partial charge >= 0.3 is 0 Å². The second kappa shape index (κ2) is 7.22. The molecule has 0 aromatic heterocycles. The first kappa shape index (κ1) is 16.8. The Morgan fingerprint density at radius 1 is 1.33 bits per heavy atom. The average molecular weight is 348 g/mol. The van der Waals surface area contributed by atoms with E-state index < -0.39 is 5.82 Å². The van der Waals surface area contributed by atoms with E-state index in [0.717, 1.165) is 30.7 Å². The van der Waals surface area contributed by atoms with Crippen LogP contribution in [0.2, 0.25) is 5.02 Å². The molecule has 2 aromatic rings. The molecule has 0 saturated carbocycles. The van der Waals surface area contributed by atoms with E-state index in [2.05, 4.69) is 0 Å². The summed E-state index contributed by atoms with van der Waals surface area (Å²) in [6, 6.07) is 12.0. The van der Waals surface area contributed by atoms with E-state index in [-0.39, 0.29) is 18.4 Å². The van der Waals surface area contributed by atoms with Gasteiger partial charge in [0.05, 0.1) is 19.6 Å². The fourth-order valence-electron chi connectivity index (χ4n) is 3.19. The highest BCUT2D eigenvalue weighted by Gasteiger charge is 2.30. The van der Waals surface area contributed by atoms with Crippen LogP contribution in [0.4, 0.5) is 4.39 Å². The van der Waals surface area contributed by atoms with Crippen molar-refractivity contribution in [3.05, 3.63) is 64.4 Å². The first-order valence-corrected chi connectivity index (χ1v) is 8.33. The smallest absolute Gasteiger partial charge is 0.227 e. The summed E-state index contributed by atoms with van der Waals surface area (Å²) >= 11 is 6.05. The number of halogens is 2. The minimum atomic E-state index is -0.397. The van der Waals surface area contributed by atoms with Crippen molar-refractivity contribution in [1.29, 1.82) is 0 Å². The maximum atomic E-state index is 13.1. The molecule has 24 heavy (non-hydrogen) atoms. The predicted molar refractivity (Wildman–Crippen MR) is 91.8 cm³/mol. The van der Waals surface area contributed by atoms with Crippen LogP contribution in [0.15, 0.2) is 42.5 Å². The number of rotatable bonds is 4. The molecule has 1 saturated heterocycles. The maximum absolute atomic E-state index is 13.1. The molecule has 126 valence electrons. The molecule has 0 spiro atoms. The summed E-state index contributed by atoms with van der Waals surface area (Å²) < 4.78 is 18.4. The summed E-state index contributed by atoms with van der Waals surface area (Å²) in [5, 5.41) is 0.292. The number of ether oxygens (including phenoxy) is 1. The van der Waals surface area contributed by atoms with E-state index in [1.54, 1.807) is 13.2 Å². The van der Waals surface area contributed by atoms with Crippen molar-refractivity contribution >= 4 is 17.5 Å². The topological polar surface area (TPSA) is 29.5 Å². The highest BCUT2D eigenvalue weighted by atomic mass is 35.5. The summed E-state index contributed by atoms with van der Waals surface area (Å²) in [5.74, 6) is 0.397. The van der Waals surface area contributed by atoms with Crippen LogP contribution in [0.1, 0.15) is 30.0 Å². The third kappa shape index (κ3) is 3.54. The first-order valence-electron chi connectivity index (χ1n) is 7.96. The van der Waals surface area contributed by atoms with Crippen molar-refractivity contribution in [3.63, 3.8) is 0 Å². The lowest BCUT2D eigenvalue weighted by atomic mass is 10.0. The van der Waals surface area contributed by atoms with Gasteiger partial charge < -0.3 is 9.64 Å². The normalized spacial score (nSPS) is 17.1. The monoisotopic (exact) mass is 347 g/mol. The predicted octanol–water partition coefficient (Wildman–Crippen LogP) is 4.39. The second-order valence-electron chi connectivity index (χ2n) is 5.93. The van der Waals surface area contributed by atoms with Crippen LogP contribution in [-0.4, -0.2) is 24.5 Å². The first-order chi connectivity index (χ1) is 11.6. The molecular weight excluding hydrogens is 329 g/mol. The van der Waals surface area contributed by atoms with Crippen molar-refractivity contribution in [2.75, 3.05) is 13.7 Å². The van der Waals surface area contributed by atoms with Crippen molar-refractivity contribution in [3.8, 4) is 5.75 Å². The van der Waals surface area contributed by atoms with E-state index in [0.29, 0.717) is 10.6 Å². The van der Waals surface area contributed by atoms with E-state index in [4.69, 9.17) is 16.3 Å². The number of methoxy groups -OCH3 is 1. The van der Waals surface area contributed by atoms with Gasteiger partial charge in [0.25, 0.3) is 0 Å². The van der Waals surface area contributed by atoms with Gasteiger partial charge in [-0.2, -0.15) is 0 Å². The number of carbonyl (C=O) groups excluding carboxylic acids is 1. The van der Waals surface area contributed by atoms with Gasteiger partial charge in [0, 0.05) is 11.6 Å². The highest BCUT2D eigenvalue weighted by molar-refractivity contribution is 6.31. The van der Waals surface area contributed by atoms with Crippen LogP contribution >= 0.6 is 11.6 Å². The molecule has 3 rings (SSSR count). The molecule has 0 N–H and O–H groups in total. The molecule has 1 aliphatic rings. The second-order valence-corrected chi connectivity index (χ2v) is 6.34. The molecule has 0 bridgehead atoms. The van der Waals surface area contributed by atoms with E-state index in [1.165, 1.54) is 12.1 Å². The van der Waals surface area contributed by atoms with Crippen LogP contribution in [-0.2, 0) is 11.2 Å². The molecule has 0 aliphatic carbocycles. The lowest BCUT2D eigenvalue weighted by Crippen LogP contribution is -2.31. The van der Waals surface area contributed by atoms with Gasteiger partial charge in [-0.15, -0.1) is 0 Å². The van der Waals surface area contributed by atoms with Crippen molar-refractivity contribution in [1.82, 2.24) is 4.90 Å². The molecule has 2 aromatic carbocycles. The van der Waals surface area contributed by atoms with E-state index in [1.807, 2.05) is 29.2 Å². The molecule has 5 heteroatoms. The number of benzene rings is 2. The largest absolute Gasteiger partial charge is 0.497 e. The fraction of sp³-hybridized carbons (Fsp3) is 0.316. The van der Waals surface area contributed by atoms with Crippen LogP contribution in [0, 0.1) is 5.82 Å². The third-order valence-corrected chi connectivity index (χ3v) is 4.76. The molecule has 1 aliphatic heterocycles. The molecule has 3 nitrogen and oxygen atoms in total.